The number of anilines is 2. The Labute approximate surface area is 174 Å². The van der Waals surface area contributed by atoms with Crippen LogP contribution in [-0.2, 0) is 0 Å². The molecular weight excluding hydrogens is 362 g/mol. The summed E-state index contributed by atoms with van der Waals surface area (Å²) in [5, 5.41) is 23.2. The molecule has 0 radical (unpaired) electrons. The van der Waals surface area contributed by atoms with Crippen molar-refractivity contribution in [2.45, 2.75) is 52.2 Å². The summed E-state index contributed by atoms with van der Waals surface area (Å²) in [5.74, 6) is 0.757. The third-order valence-electron chi connectivity index (χ3n) is 5.43. The van der Waals surface area contributed by atoms with Crippen molar-refractivity contribution in [2.24, 2.45) is 5.10 Å². The Bertz CT molecular complexity index is 794. The zero-order valence-corrected chi connectivity index (χ0v) is 17.7. The number of hydrogen-bond acceptors (Lipinski definition) is 6. The van der Waals surface area contributed by atoms with Crippen molar-refractivity contribution in [3.8, 4) is 0 Å². The molecule has 1 aliphatic heterocycles. The van der Waals surface area contributed by atoms with Gasteiger partial charge in [0.15, 0.2) is 0 Å². The van der Waals surface area contributed by atoms with Crippen LogP contribution < -0.4 is 15.5 Å². The summed E-state index contributed by atoms with van der Waals surface area (Å²) in [6.07, 6.45) is 8.70. The van der Waals surface area contributed by atoms with E-state index in [0.29, 0.717) is 0 Å². The molecular formula is C23H33N5O. The number of nitrogens with zero attached hydrogens (tertiary/aromatic N) is 3. The molecule has 29 heavy (non-hydrogen) atoms. The fraction of sp³-hybridized carbons (Fsp3) is 0.435. The van der Waals surface area contributed by atoms with Crippen LogP contribution >= 0.6 is 0 Å². The number of hydrazone groups is 1. The monoisotopic (exact) mass is 395 g/mol. The highest BCUT2D eigenvalue weighted by atomic mass is 16.3. The van der Waals surface area contributed by atoms with Crippen molar-refractivity contribution in [1.82, 2.24) is 10.3 Å². The Morgan fingerprint density at radius 2 is 1.86 bits per heavy atom. The molecule has 0 aromatic heterocycles. The van der Waals surface area contributed by atoms with Crippen LogP contribution in [0.4, 0.5) is 11.4 Å². The first-order valence-electron chi connectivity index (χ1n) is 10.4. The summed E-state index contributed by atoms with van der Waals surface area (Å²) in [4.78, 5) is 1.95. The highest BCUT2D eigenvalue weighted by Gasteiger charge is 2.29. The van der Waals surface area contributed by atoms with Crippen molar-refractivity contribution in [2.75, 3.05) is 23.3 Å². The number of rotatable bonds is 9. The maximum absolute atomic E-state index is 9.99. The van der Waals surface area contributed by atoms with Gasteiger partial charge in [-0.05, 0) is 63.5 Å². The molecule has 2 aliphatic rings. The van der Waals surface area contributed by atoms with Crippen LogP contribution in [0.15, 0.2) is 65.2 Å². The fourth-order valence-electron chi connectivity index (χ4n) is 3.62. The molecule has 0 spiro atoms. The van der Waals surface area contributed by atoms with E-state index < -0.39 is 6.10 Å². The average molecular weight is 396 g/mol. The molecule has 3 rings (SSSR count). The van der Waals surface area contributed by atoms with E-state index in [4.69, 9.17) is 0 Å². The van der Waals surface area contributed by atoms with Crippen LogP contribution in [0.2, 0.25) is 0 Å². The fourth-order valence-corrected chi connectivity index (χ4v) is 3.62. The number of aliphatic hydroxyl groups excluding tert-OH is 1. The molecule has 6 heteroatoms. The normalized spacial score (nSPS) is 18.4. The third kappa shape index (κ3) is 5.21. The lowest BCUT2D eigenvalue weighted by molar-refractivity contribution is 0.0832. The van der Waals surface area contributed by atoms with Crippen molar-refractivity contribution in [3.05, 3.63) is 60.1 Å². The van der Waals surface area contributed by atoms with Gasteiger partial charge < -0.3 is 15.7 Å². The second-order valence-electron chi connectivity index (χ2n) is 7.68. The van der Waals surface area contributed by atoms with Gasteiger partial charge in [0.25, 0.3) is 0 Å². The molecule has 1 heterocycles. The zero-order chi connectivity index (χ0) is 20.8. The van der Waals surface area contributed by atoms with Crippen molar-refractivity contribution >= 4 is 17.7 Å². The predicted octanol–water partition coefficient (Wildman–Crippen LogP) is 4.01. The SMILES string of the molecule is C=C1N(c2ccc(NCCNC3=CC=C(C)CC3)cc2)C=NN1[C@@H](CC)[C@H](C)O. The number of hydrogen-bond donors (Lipinski definition) is 3. The molecule has 0 bridgehead atoms. The molecule has 0 saturated carbocycles. The zero-order valence-electron chi connectivity index (χ0n) is 17.7. The average Bonchev–Trinajstić information content (AvgIpc) is 3.09. The van der Waals surface area contributed by atoms with Crippen LogP contribution in [0.3, 0.4) is 0 Å². The van der Waals surface area contributed by atoms with Crippen LogP contribution in [0.5, 0.6) is 0 Å². The van der Waals surface area contributed by atoms with E-state index in [1.165, 1.54) is 11.3 Å². The lowest BCUT2D eigenvalue weighted by Crippen LogP contribution is -2.38. The van der Waals surface area contributed by atoms with Gasteiger partial charge in [0.2, 0.25) is 0 Å². The topological polar surface area (TPSA) is 63.1 Å². The van der Waals surface area contributed by atoms with Crippen molar-refractivity contribution in [3.63, 3.8) is 0 Å². The van der Waals surface area contributed by atoms with Crippen LogP contribution in [0.1, 0.15) is 40.0 Å². The summed E-state index contributed by atoms with van der Waals surface area (Å²) >= 11 is 0. The summed E-state index contributed by atoms with van der Waals surface area (Å²) in [7, 11) is 0. The van der Waals surface area contributed by atoms with Gasteiger partial charge >= 0.3 is 0 Å². The van der Waals surface area contributed by atoms with Gasteiger partial charge in [-0.25, -0.2) is 5.01 Å². The van der Waals surface area contributed by atoms with Gasteiger partial charge in [0.1, 0.15) is 12.2 Å². The van der Waals surface area contributed by atoms with Crippen molar-refractivity contribution < 1.29 is 5.11 Å². The largest absolute Gasteiger partial charge is 0.391 e. The van der Waals surface area contributed by atoms with E-state index >= 15 is 0 Å². The minimum atomic E-state index is -0.474. The van der Waals surface area contributed by atoms with E-state index in [9.17, 15) is 5.11 Å². The molecule has 1 aliphatic carbocycles. The lowest BCUT2D eigenvalue weighted by atomic mass is 10.0. The molecule has 0 fully saturated rings. The van der Waals surface area contributed by atoms with E-state index in [2.05, 4.69) is 65.7 Å². The van der Waals surface area contributed by atoms with Gasteiger partial charge in [0, 0.05) is 30.2 Å². The highest BCUT2D eigenvalue weighted by molar-refractivity contribution is 5.85. The Kier molecular flexibility index (Phi) is 6.99. The molecule has 6 nitrogen and oxygen atoms in total. The minimum Gasteiger partial charge on any atom is -0.391 e. The van der Waals surface area contributed by atoms with E-state index in [0.717, 1.165) is 49.5 Å². The first kappa shape index (κ1) is 21.0. The van der Waals surface area contributed by atoms with Crippen LogP contribution in [0.25, 0.3) is 0 Å². The minimum absolute atomic E-state index is 0.0733. The van der Waals surface area contributed by atoms with Gasteiger partial charge in [-0.3, -0.25) is 4.90 Å². The molecule has 3 N–H and O–H groups in total. The first-order chi connectivity index (χ1) is 14.0. The molecule has 1 aromatic carbocycles. The number of nitrogens with one attached hydrogen (secondary N) is 2. The molecule has 156 valence electrons. The number of allylic oxidation sites excluding steroid dienone is 4. The van der Waals surface area contributed by atoms with E-state index in [-0.39, 0.29) is 6.04 Å². The molecule has 0 saturated heterocycles. The lowest BCUT2D eigenvalue weighted by Gasteiger charge is -2.30. The molecule has 2 atom stereocenters. The summed E-state index contributed by atoms with van der Waals surface area (Å²) in [5.41, 5.74) is 4.84. The second kappa shape index (κ2) is 9.65. The standard InChI is InChI=1S/C23H33N5O/c1-5-23(18(3)29)28-19(4)27(16-26-28)22-12-10-21(11-13-22)25-15-14-24-20-8-6-17(2)7-9-20/h6,8,10-13,16,18,23-25,29H,4-5,7,9,14-15H2,1-3H3/t18-,23-/m0/s1. The predicted molar refractivity (Wildman–Crippen MR) is 122 cm³/mol. The maximum Gasteiger partial charge on any atom is 0.128 e. The Morgan fingerprint density at radius 1 is 1.14 bits per heavy atom. The second-order valence-corrected chi connectivity index (χ2v) is 7.68. The number of aliphatic hydroxyl groups is 1. The highest BCUT2D eigenvalue weighted by Crippen LogP contribution is 2.28. The smallest absolute Gasteiger partial charge is 0.128 e. The maximum atomic E-state index is 9.99. The van der Waals surface area contributed by atoms with Gasteiger partial charge in [0.05, 0.1) is 12.1 Å². The van der Waals surface area contributed by atoms with Gasteiger partial charge in [-0.2, -0.15) is 5.10 Å². The quantitative estimate of drug-likeness (QED) is 0.552. The third-order valence-corrected chi connectivity index (χ3v) is 5.43. The Hall–Kier alpha value is -2.73. The summed E-state index contributed by atoms with van der Waals surface area (Å²) in [6.45, 7) is 11.9. The van der Waals surface area contributed by atoms with Crippen LogP contribution in [-0.4, -0.2) is 41.7 Å². The molecule has 0 amide bonds. The van der Waals surface area contributed by atoms with Gasteiger partial charge in [-0.15, -0.1) is 0 Å². The summed E-state index contributed by atoms with van der Waals surface area (Å²) < 4.78 is 0. The molecule has 0 unspecified atom stereocenters. The van der Waals surface area contributed by atoms with Crippen molar-refractivity contribution in [1.29, 1.82) is 0 Å². The first-order valence-corrected chi connectivity index (χ1v) is 10.4. The Balaban J connectivity index is 1.49. The summed E-state index contributed by atoms with van der Waals surface area (Å²) in [6, 6.07) is 8.16. The van der Waals surface area contributed by atoms with Crippen LogP contribution in [0, 0.1) is 0 Å². The molecule has 1 aromatic rings. The Morgan fingerprint density at radius 3 is 2.48 bits per heavy atom. The van der Waals surface area contributed by atoms with E-state index in [1.54, 1.807) is 18.3 Å². The van der Waals surface area contributed by atoms with E-state index in [1.807, 2.05) is 11.8 Å². The number of benzene rings is 1. The van der Waals surface area contributed by atoms with Gasteiger partial charge in [-0.1, -0.05) is 25.2 Å².